The summed E-state index contributed by atoms with van der Waals surface area (Å²) >= 11 is 0. The van der Waals surface area contributed by atoms with Gasteiger partial charge in [0.05, 0.1) is 12.3 Å². The van der Waals surface area contributed by atoms with Crippen LogP contribution in [-0.4, -0.2) is 27.8 Å². The molecular weight excluding hydrogens is 467 g/mol. The van der Waals surface area contributed by atoms with Crippen LogP contribution in [0.4, 0.5) is 5.69 Å². The summed E-state index contributed by atoms with van der Waals surface area (Å²) in [5.41, 5.74) is 8.02. The Kier molecular flexibility index (Phi) is 7.84. The summed E-state index contributed by atoms with van der Waals surface area (Å²) < 4.78 is 15.6. The Morgan fingerprint density at radius 1 is 0.886 bits per heavy atom. The summed E-state index contributed by atoms with van der Waals surface area (Å²) in [6, 6.07) is 24.1. The average molecular weight is 499 g/mol. The number of phosphoric acid groups is 1. The molecule has 0 aliphatic carbocycles. The molecule has 186 valence electrons. The maximum atomic E-state index is 13.2. The van der Waals surface area contributed by atoms with E-state index < -0.39 is 25.9 Å². The van der Waals surface area contributed by atoms with Gasteiger partial charge in [0, 0.05) is 0 Å². The van der Waals surface area contributed by atoms with E-state index in [2.05, 4.69) is 49.6 Å². The highest BCUT2D eigenvalue weighted by molar-refractivity contribution is 7.46. The van der Waals surface area contributed by atoms with Crippen LogP contribution in [0, 0.1) is 0 Å². The number of hydrogen-bond acceptors (Lipinski definition) is 5. The molecule has 35 heavy (non-hydrogen) atoms. The van der Waals surface area contributed by atoms with Crippen LogP contribution in [0.15, 0.2) is 78.9 Å². The lowest BCUT2D eigenvalue weighted by molar-refractivity contribution is -0.128. The van der Waals surface area contributed by atoms with Crippen molar-refractivity contribution in [2.75, 3.05) is 11.7 Å². The van der Waals surface area contributed by atoms with Crippen molar-refractivity contribution < 1.29 is 28.5 Å². The van der Waals surface area contributed by atoms with Gasteiger partial charge in [0.15, 0.2) is 5.75 Å². The molecule has 1 atom stereocenters. The van der Waals surface area contributed by atoms with Crippen LogP contribution < -0.4 is 15.6 Å². The molecule has 0 bridgehead atoms. The molecule has 8 nitrogen and oxygen atoms in total. The Balaban J connectivity index is 1.83. The molecule has 0 aromatic heterocycles. The highest BCUT2D eigenvalue weighted by atomic mass is 31.2. The minimum atomic E-state index is -4.81. The Bertz CT molecular complexity index is 1180. The van der Waals surface area contributed by atoms with Gasteiger partial charge in [-0.25, -0.2) is 4.57 Å². The van der Waals surface area contributed by atoms with Crippen LogP contribution in [-0.2, 0) is 19.3 Å². The van der Waals surface area contributed by atoms with E-state index in [1.54, 1.807) is 42.5 Å². The summed E-state index contributed by atoms with van der Waals surface area (Å²) in [6.07, 6.45) is 0. The van der Waals surface area contributed by atoms with E-state index in [1.807, 2.05) is 12.1 Å². The number of nitrogens with two attached hydrogens (primary N) is 1. The maximum absolute atomic E-state index is 13.2. The molecule has 9 heteroatoms. The van der Waals surface area contributed by atoms with Gasteiger partial charge in [-0.05, 0) is 53.3 Å². The van der Waals surface area contributed by atoms with Crippen LogP contribution in [0.25, 0.3) is 11.1 Å². The number of benzene rings is 3. The third kappa shape index (κ3) is 7.24. The molecule has 0 aliphatic heterocycles. The Morgan fingerprint density at radius 3 is 1.89 bits per heavy atom. The van der Waals surface area contributed by atoms with Crippen LogP contribution >= 0.6 is 7.82 Å². The first-order valence-electron chi connectivity index (χ1n) is 11.0. The largest absolute Gasteiger partial charge is 0.469 e. The molecular formula is C26H31N2O6P. The lowest BCUT2D eigenvalue weighted by Crippen LogP contribution is -2.57. The Hall–Kier alpha value is -3.00. The predicted octanol–water partition coefficient (Wildman–Crippen LogP) is 4.80. The quantitative estimate of drug-likeness (QED) is 0.301. The van der Waals surface area contributed by atoms with E-state index in [-0.39, 0.29) is 5.41 Å². The van der Waals surface area contributed by atoms with E-state index in [0.29, 0.717) is 11.4 Å². The van der Waals surface area contributed by atoms with E-state index in [4.69, 9.17) is 20.4 Å². The molecule has 0 radical (unpaired) electrons. The standard InChI is InChI=1S/C26H31N2O6P/c1-25(2,3)21-14-10-19(11-15-21)20-12-16-23(17-13-20)34-28(22-8-6-5-7-9-22)24(29)26(4,27)18-33-35(30,31)32/h5-17H,18,27H2,1-4H3,(H2,30,31,32). The second-order valence-electron chi connectivity index (χ2n) is 9.56. The molecule has 0 aliphatic rings. The average Bonchev–Trinajstić information content (AvgIpc) is 2.81. The first-order valence-corrected chi connectivity index (χ1v) is 12.6. The van der Waals surface area contributed by atoms with Gasteiger partial charge in [0.1, 0.15) is 5.54 Å². The van der Waals surface area contributed by atoms with Crippen LogP contribution in [0.1, 0.15) is 33.3 Å². The number of rotatable bonds is 8. The van der Waals surface area contributed by atoms with Crippen LogP contribution in [0.5, 0.6) is 5.75 Å². The monoisotopic (exact) mass is 498 g/mol. The molecule has 3 rings (SSSR count). The Morgan fingerprint density at radius 2 is 1.40 bits per heavy atom. The first-order chi connectivity index (χ1) is 16.3. The number of carbonyl (C=O) groups is 1. The Labute approximate surface area is 205 Å². The van der Waals surface area contributed by atoms with Gasteiger partial charge in [0.25, 0.3) is 5.91 Å². The molecule has 1 amide bonds. The highest BCUT2D eigenvalue weighted by Gasteiger charge is 2.37. The first kappa shape index (κ1) is 26.6. The summed E-state index contributed by atoms with van der Waals surface area (Å²) in [5.74, 6) is -0.358. The number of anilines is 1. The molecule has 3 aromatic carbocycles. The van der Waals surface area contributed by atoms with Crippen molar-refractivity contribution >= 4 is 19.4 Å². The van der Waals surface area contributed by atoms with Crippen molar-refractivity contribution in [3.05, 3.63) is 84.4 Å². The van der Waals surface area contributed by atoms with Gasteiger partial charge in [-0.1, -0.05) is 75.4 Å². The van der Waals surface area contributed by atoms with Gasteiger partial charge in [-0.3, -0.25) is 9.32 Å². The summed E-state index contributed by atoms with van der Waals surface area (Å²) in [7, 11) is -4.81. The number of hydrogen-bond donors (Lipinski definition) is 3. The molecule has 0 heterocycles. The zero-order valence-corrected chi connectivity index (χ0v) is 21.1. The highest BCUT2D eigenvalue weighted by Crippen LogP contribution is 2.37. The number of amides is 1. The number of carbonyl (C=O) groups excluding carboxylic acids is 1. The van der Waals surface area contributed by atoms with Crippen molar-refractivity contribution in [1.82, 2.24) is 0 Å². The third-order valence-corrected chi connectivity index (χ3v) is 5.80. The van der Waals surface area contributed by atoms with Crippen LogP contribution in [0.3, 0.4) is 0 Å². The fourth-order valence-electron chi connectivity index (χ4n) is 3.26. The van der Waals surface area contributed by atoms with E-state index in [1.165, 1.54) is 12.5 Å². The van der Waals surface area contributed by atoms with Crippen molar-refractivity contribution in [3.8, 4) is 16.9 Å². The zero-order chi connectivity index (χ0) is 25.9. The summed E-state index contributed by atoms with van der Waals surface area (Å²) in [5, 5.41) is 0.996. The smallest absolute Gasteiger partial charge is 0.372 e. The van der Waals surface area contributed by atoms with Gasteiger partial charge in [-0.2, -0.15) is 0 Å². The molecule has 1 unspecified atom stereocenters. The van der Waals surface area contributed by atoms with Gasteiger partial charge < -0.3 is 20.4 Å². The maximum Gasteiger partial charge on any atom is 0.469 e. The minimum absolute atomic E-state index is 0.0669. The predicted molar refractivity (Wildman–Crippen MR) is 136 cm³/mol. The van der Waals surface area contributed by atoms with E-state index in [0.717, 1.165) is 16.2 Å². The zero-order valence-electron chi connectivity index (χ0n) is 20.2. The molecule has 4 N–H and O–H groups in total. The number of phosphoric ester groups is 1. The fourth-order valence-corrected chi connectivity index (χ4v) is 3.70. The minimum Gasteiger partial charge on any atom is -0.372 e. The number of para-hydroxylation sites is 1. The lowest BCUT2D eigenvalue weighted by atomic mass is 9.86. The second-order valence-corrected chi connectivity index (χ2v) is 10.8. The SMILES string of the molecule is CC(N)(COP(=O)(O)O)C(=O)N(Oc1ccc(-c2ccc(C(C)(C)C)cc2)cc1)c1ccccc1. The topological polar surface area (TPSA) is 122 Å². The van der Waals surface area contributed by atoms with Crippen molar-refractivity contribution in [3.63, 3.8) is 0 Å². The van der Waals surface area contributed by atoms with E-state index >= 15 is 0 Å². The van der Waals surface area contributed by atoms with Crippen molar-refractivity contribution in [1.29, 1.82) is 0 Å². The molecule has 0 fully saturated rings. The number of hydroxylamine groups is 1. The number of nitrogens with zero attached hydrogens (tertiary/aromatic N) is 1. The fraction of sp³-hybridized carbons (Fsp3) is 0.269. The normalized spacial score (nSPS) is 13.7. The molecule has 0 saturated carbocycles. The van der Waals surface area contributed by atoms with Gasteiger partial charge in [0.2, 0.25) is 0 Å². The summed E-state index contributed by atoms with van der Waals surface area (Å²) in [6.45, 7) is 7.11. The summed E-state index contributed by atoms with van der Waals surface area (Å²) in [4.78, 5) is 37.1. The molecule has 0 saturated heterocycles. The van der Waals surface area contributed by atoms with Gasteiger partial charge >= 0.3 is 7.82 Å². The van der Waals surface area contributed by atoms with Gasteiger partial charge in [-0.15, -0.1) is 5.06 Å². The van der Waals surface area contributed by atoms with Crippen molar-refractivity contribution in [2.24, 2.45) is 5.73 Å². The molecule has 0 spiro atoms. The molecule has 3 aromatic rings. The lowest BCUT2D eigenvalue weighted by Gasteiger charge is -2.30. The second kappa shape index (κ2) is 10.3. The third-order valence-electron chi connectivity index (χ3n) is 5.33. The van der Waals surface area contributed by atoms with E-state index in [9.17, 15) is 9.36 Å². The van der Waals surface area contributed by atoms with Crippen LogP contribution in [0.2, 0.25) is 0 Å². The van der Waals surface area contributed by atoms with Crippen molar-refractivity contribution in [2.45, 2.75) is 38.6 Å².